The minimum absolute atomic E-state index is 0.0259. The lowest BCUT2D eigenvalue weighted by atomic mass is 9.71. The zero-order chi connectivity index (χ0) is 22.8. The Kier molecular flexibility index (Phi) is 6.35. The Morgan fingerprint density at radius 3 is 2.29 bits per heavy atom. The predicted octanol–water partition coefficient (Wildman–Crippen LogP) is 6.10. The number of carboxylic acid groups (broad SMARTS) is 1. The van der Waals surface area contributed by atoms with Gasteiger partial charge in [-0.25, -0.2) is 9.78 Å². The Labute approximate surface area is 185 Å². The van der Waals surface area contributed by atoms with Gasteiger partial charge in [-0.1, -0.05) is 47.6 Å². The number of carbonyl (C=O) groups is 1. The number of nitrogens with zero attached hydrogens (tertiary/aromatic N) is 3. The molecule has 1 unspecified atom stereocenters. The van der Waals surface area contributed by atoms with E-state index in [4.69, 9.17) is 0 Å². The summed E-state index contributed by atoms with van der Waals surface area (Å²) in [6.07, 6.45) is 10.6. The number of allylic oxidation sites excluding steroid dienone is 4. The molecule has 1 N–H and O–H groups in total. The summed E-state index contributed by atoms with van der Waals surface area (Å²) in [5, 5.41) is 9.27. The summed E-state index contributed by atoms with van der Waals surface area (Å²) in [7, 11) is 0. The van der Waals surface area contributed by atoms with Crippen LogP contribution in [0.2, 0.25) is 0 Å². The maximum atomic E-state index is 11.3. The first-order valence-corrected chi connectivity index (χ1v) is 10.7. The fourth-order valence-corrected chi connectivity index (χ4v) is 3.67. The number of anilines is 1. The lowest BCUT2D eigenvalue weighted by Gasteiger charge is -2.39. The summed E-state index contributed by atoms with van der Waals surface area (Å²) in [5.74, 6) is 0.165. The number of hydrogen-bond acceptors (Lipinski definition) is 4. The molecule has 31 heavy (non-hydrogen) atoms. The van der Waals surface area contributed by atoms with Crippen molar-refractivity contribution in [3.8, 4) is 0 Å². The molecule has 164 valence electrons. The van der Waals surface area contributed by atoms with Crippen molar-refractivity contribution in [2.75, 3.05) is 4.90 Å². The second kappa shape index (κ2) is 8.66. The first kappa shape index (κ1) is 22.7. The van der Waals surface area contributed by atoms with Crippen LogP contribution in [-0.2, 0) is 6.54 Å². The number of pyridine rings is 2. The molecular weight excluding hydrogens is 386 g/mol. The molecule has 0 aromatic carbocycles. The highest BCUT2D eigenvalue weighted by Gasteiger charge is 2.32. The van der Waals surface area contributed by atoms with E-state index < -0.39 is 5.97 Å². The van der Waals surface area contributed by atoms with Crippen LogP contribution >= 0.6 is 0 Å². The Bertz CT molecular complexity index is 978. The van der Waals surface area contributed by atoms with Crippen molar-refractivity contribution in [2.24, 2.45) is 16.7 Å². The third-order valence-corrected chi connectivity index (χ3v) is 5.82. The summed E-state index contributed by atoms with van der Waals surface area (Å²) in [6, 6.07) is 7.43. The number of aromatic carboxylic acids is 1. The molecule has 0 aliphatic heterocycles. The number of aromatic nitrogens is 2. The van der Waals surface area contributed by atoms with Crippen LogP contribution in [0.15, 0.2) is 66.3 Å². The van der Waals surface area contributed by atoms with Gasteiger partial charge in [-0.15, -0.1) is 0 Å². The Balaban J connectivity index is 2.07. The van der Waals surface area contributed by atoms with Gasteiger partial charge in [0.2, 0.25) is 0 Å². The molecule has 0 amide bonds. The molecule has 5 nitrogen and oxygen atoms in total. The minimum Gasteiger partial charge on any atom is -0.478 e. The molecule has 1 aliphatic rings. The van der Waals surface area contributed by atoms with Gasteiger partial charge in [0.25, 0.3) is 0 Å². The van der Waals surface area contributed by atoms with E-state index in [1.54, 1.807) is 24.5 Å². The van der Waals surface area contributed by atoms with Crippen LogP contribution in [0.4, 0.5) is 5.82 Å². The van der Waals surface area contributed by atoms with Crippen molar-refractivity contribution < 1.29 is 9.90 Å². The molecule has 3 rings (SSSR count). The number of rotatable bonds is 5. The summed E-state index contributed by atoms with van der Waals surface area (Å²) in [4.78, 5) is 22.2. The first-order valence-electron chi connectivity index (χ1n) is 10.7. The molecular formula is C26H33N3O2. The molecule has 0 radical (unpaired) electrons. The van der Waals surface area contributed by atoms with Gasteiger partial charge in [0.15, 0.2) is 0 Å². The van der Waals surface area contributed by atoms with Crippen molar-refractivity contribution in [2.45, 2.75) is 54.5 Å². The van der Waals surface area contributed by atoms with Crippen molar-refractivity contribution in [1.29, 1.82) is 0 Å². The maximum Gasteiger partial charge on any atom is 0.337 e. The van der Waals surface area contributed by atoms with Crippen molar-refractivity contribution >= 4 is 11.8 Å². The third kappa shape index (κ3) is 5.60. The maximum absolute atomic E-state index is 11.3. The van der Waals surface area contributed by atoms with Gasteiger partial charge in [0.05, 0.1) is 5.56 Å². The molecule has 0 saturated carbocycles. The first-order chi connectivity index (χ1) is 14.4. The van der Waals surface area contributed by atoms with Crippen molar-refractivity contribution in [1.82, 2.24) is 9.97 Å². The average Bonchev–Trinajstić information content (AvgIpc) is 2.71. The van der Waals surface area contributed by atoms with Gasteiger partial charge in [0, 0.05) is 30.8 Å². The second-order valence-electron chi connectivity index (χ2n) is 10.3. The lowest BCUT2D eigenvalue weighted by molar-refractivity contribution is 0.0696. The summed E-state index contributed by atoms with van der Waals surface area (Å²) < 4.78 is 0. The van der Waals surface area contributed by atoms with E-state index >= 15 is 0 Å². The zero-order valence-corrected chi connectivity index (χ0v) is 19.4. The Hall–Kier alpha value is -2.95. The molecule has 0 spiro atoms. The second-order valence-corrected chi connectivity index (χ2v) is 10.3. The topological polar surface area (TPSA) is 66.3 Å². The van der Waals surface area contributed by atoms with E-state index in [0.29, 0.717) is 12.5 Å². The van der Waals surface area contributed by atoms with Gasteiger partial charge in [-0.05, 0) is 64.6 Å². The third-order valence-electron chi connectivity index (χ3n) is 5.82. The van der Waals surface area contributed by atoms with Crippen LogP contribution in [0.1, 0.15) is 63.9 Å². The van der Waals surface area contributed by atoms with Gasteiger partial charge < -0.3 is 10.0 Å². The minimum atomic E-state index is -0.970. The van der Waals surface area contributed by atoms with Crippen LogP contribution < -0.4 is 4.90 Å². The predicted molar refractivity (Wildman–Crippen MR) is 125 cm³/mol. The summed E-state index contributed by atoms with van der Waals surface area (Å²) in [5.41, 5.74) is 3.97. The van der Waals surface area contributed by atoms with Crippen LogP contribution in [0.3, 0.4) is 0 Å². The average molecular weight is 420 g/mol. The highest BCUT2D eigenvalue weighted by molar-refractivity contribution is 5.87. The standard InChI is InChI=1S/C26H33N3O2/c1-25(2,3)20-13-21(26(4,5)6)15-22(14-20)29(17-18-9-11-27-12-10-18)23-8-7-19(16-28-23)24(30)31/h7-14,16,21H,15,17H2,1-6H3,(H,30,31). The molecule has 0 fully saturated rings. The van der Waals surface area contributed by atoms with E-state index in [1.807, 2.05) is 12.1 Å². The Morgan fingerprint density at radius 1 is 1.10 bits per heavy atom. The smallest absolute Gasteiger partial charge is 0.337 e. The van der Waals surface area contributed by atoms with E-state index in [-0.39, 0.29) is 16.4 Å². The highest BCUT2D eigenvalue weighted by atomic mass is 16.4. The fourth-order valence-electron chi connectivity index (χ4n) is 3.67. The van der Waals surface area contributed by atoms with E-state index in [9.17, 15) is 9.90 Å². The van der Waals surface area contributed by atoms with E-state index in [2.05, 4.69) is 68.6 Å². The highest BCUT2D eigenvalue weighted by Crippen LogP contribution is 2.42. The van der Waals surface area contributed by atoms with E-state index in [1.165, 1.54) is 17.5 Å². The largest absolute Gasteiger partial charge is 0.478 e. The summed E-state index contributed by atoms with van der Waals surface area (Å²) >= 11 is 0. The van der Waals surface area contributed by atoms with Gasteiger partial charge in [-0.3, -0.25) is 4.98 Å². The molecule has 5 heteroatoms. The molecule has 1 atom stereocenters. The zero-order valence-electron chi connectivity index (χ0n) is 19.4. The molecule has 2 aromatic heterocycles. The van der Waals surface area contributed by atoms with Gasteiger partial charge in [0.1, 0.15) is 5.82 Å². The number of carboxylic acids is 1. The number of hydrogen-bond donors (Lipinski definition) is 1. The van der Waals surface area contributed by atoms with Crippen LogP contribution in [0.5, 0.6) is 0 Å². The molecule has 0 bridgehead atoms. The lowest BCUT2D eigenvalue weighted by Crippen LogP contribution is -2.31. The molecule has 2 aromatic rings. The van der Waals surface area contributed by atoms with E-state index in [0.717, 1.165) is 17.8 Å². The quantitative estimate of drug-likeness (QED) is 0.634. The molecule has 0 saturated heterocycles. The van der Waals surface area contributed by atoms with Gasteiger partial charge >= 0.3 is 5.97 Å². The monoisotopic (exact) mass is 419 g/mol. The van der Waals surface area contributed by atoms with Crippen molar-refractivity contribution in [3.05, 3.63) is 77.4 Å². The van der Waals surface area contributed by atoms with Gasteiger partial charge in [-0.2, -0.15) is 0 Å². The van der Waals surface area contributed by atoms with Crippen LogP contribution in [-0.4, -0.2) is 21.0 Å². The van der Waals surface area contributed by atoms with Crippen molar-refractivity contribution in [3.63, 3.8) is 0 Å². The molecule has 1 aliphatic carbocycles. The van der Waals surface area contributed by atoms with Crippen LogP contribution in [0, 0.1) is 16.7 Å². The molecule has 2 heterocycles. The SMILES string of the molecule is CC(C)(C)C1=CC(C(C)(C)C)CC(N(Cc2ccncc2)c2ccc(C(=O)O)cn2)=C1. The fraction of sp³-hybridized carbons (Fsp3) is 0.423. The Morgan fingerprint density at radius 2 is 1.77 bits per heavy atom. The summed E-state index contributed by atoms with van der Waals surface area (Å²) in [6.45, 7) is 14.2. The van der Waals surface area contributed by atoms with Crippen LogP contribution in [0.25, 0.3) is 0 Å². The normalized spacial score (nSPS) is 17.0.